The summed E-state index contributed by atoms with van der Waals surface area (Å²) in [6.07, 6.45) is 5.51. The van der Waals surface area contributed by atoms with Crippen molar-refractivity contribution in [3.05, 3.63) is 35.4 Å². The zero-order valence-corrected chi connectivity index (χ0v) is 11.9. The van der Waals surface area contributed by atoms with Gasteiger partial charge in [0.15, 0.2) is 0 Å². The van der Waals surface area contributed by atoms with Crippen LogP contribution in [0.4, 0.5) is 0 Å². The highest BCUT2D eigenvalue weighted by Crippen LogP contribution is 2.49. The number of carbonyl (C=O) groups is 1. The number of hydrogen-bond acceptors (Lipinski definition) is 1. The molecule has 2 nitrogen and oxygen atoms in total. The molecule has 2 fully saturated rings. The van der Waals surface area contributed by atoms with Gasteiger partial charge in [-0.05, 0) is 63.0 Å². The number of amides is 1. The van der Waals surface area contributed by atoms with Crippen LogP contribution in [0.5, 0.6) is 0 Å². The minimum Gasteiger partial charge on any atom is -0.349 e. The van der Waals surface area contributed by atoms with E-state index in [-0.39, 0.29) is 5.91 Å². The summed E-state index contributed by atoms with van der Waals surface area (Å²) in [7, 11) is 0. The van der Waals surface area contributed by atoms with E-state index >= 15 is 0 Å². The summed E-state index contributed by atoms with van der Waals surface area (Å²) in [4.78, 5) is 12.3. The van der Waals surface area contributed by atoms with Crippen LogP contribution in [0.15, 0.2) is 24.3 Å². The molecule has 0 heterocycles. The minimum atomic E-state index is 0.0824. The summed E-state index contributed by atoms with van der Waals surface area (Å²) in [6, 6.07) is 8.14. The van der Waals surface area contributed by atoms with Crippen molar-refractivity contribution in [3.63, 3.8) is 0 Å². The molecule has 2 saturated carbocycles. The third kappa shape index (κ3) is 2.54. The topological polar surface area (TPSA) is 29.1 Å². The lowest BCUT2D eigenvalue weighted by atomic mass is 9.84. The van der Waals surface area contributed by atoms with Gasteiger partial charge in [0.25, 0.3) is 5.91 Å². The molecule has 1 N–H and O–H groups in total. The van der Waals surface area contributed by atoms with Gasteiger partial charge in [0, 0.05) is 11.6 Å². The Hall–Kier alpha value is -1.31. The summed E-state index contributed by atoms with van der Waals surface area (Å²) in [5.41, 5.74) is 1.93. The molecule has 3 rings (SSSR count). The van der Waals surface area contributed by atoms with Crippen LogP contribution in [-0.2, 0) is 0 Å². The number of benzene rings is 1. The highest BCUT2D eigenvalue weighted by atomic mass is 16.1. The van der Waals surface area contributed by atoms with Crippen molar-refractivity contribution in [2.45, 2.75) is 45.6 Å². The lowest BCUT2D eigenvalue weighted by Gasteiger charge is -2.28. The quantitative estimate of drug-likeness (QED) is 0.881. The zero-order valence-electron chi connectivity index (χ0n) is 11.9. The monoisotopic (exact) mass is 257 g/mol. The van der Waals surface area contributed by atoms with Crippen LogP contribution in [0.1, 0.15) is 48.5 Å². The number of carbonyl (C=O) groups excluding carboxylic acids is 1. The summed E-state index contributed by atoms with van der Waals surface area (Å²) in [5.74, 6) is 2.58. The standard InChI is InChI=1S/C17H23NO/c1-11-4-3-5-15(8-11)17(19)18-12(2)16-10-13-6-7-14(16)9-13/h3-5,8,12-14,16H,6-7,9-10H2,1-2H3,(H,18,19)/t12-,13+,14+,16-/m0/s1. The number of nitrogens with one attached hydrogen (secondary N) is 1. The molecule has 0 aromatic heterocycles. The van der Waals surface area contributed by atoms with Gasteiger partial charge in [-0.3, -0.25) is 4.79 Å². The van der Waals surface area contributed by atoms with Gasteiger partial charge in [0.05, 0.1) is 0 Å². The van der Waals surface area contributed by atoms with Crippen molar-refractivity contribution in [2.75, 3.05) is 0 Å². The van der Waals surface area contributed by atoms with Gasteiger partial charge < -0.3 is 5.32 Å². The maximum absolute atomic E-state index is 12.3. The molecule has 1 amide bonds. The zero-order chi connectivity index (χ0) is 13.4. The maximum Gasteiger partial charge on any atom is 0.251 e. The Morgan fingerprint density at radius 1 is 1.32 bits per heavy atom. The van der Waals surface area contributed by atoms with Crippen LogP contribution in [0.3, 0.4) is 0 Å². The Morgan fingerprint density at radius 3 is 2.79 bits per heavy atom. The van der Waals surface area contributed by atoms with E-state index in [4.69, 9.17) is 0 Å². The van der Waals surface area contributed by atoms with Crippen molar-refractivity contribution in [1.82, 2.24) is 5.32 Å². The van der Waals surface area contributed by atoms with Crippen LogP contribution in [-0.4, -0.2) is 11.9 Å². The predicted molar refractivity (Wildman–Crippen MR) is 77.0 cm³/mol. The summed E-state index contributed by atoms with van der Waals surface area (Å²) in [5, 5.41) is 3.21. The lowest BCUT2D eigenvalue weighted by molar-refractivity contribution is 0.0915. The minimum absolute atomic E-state index is 0.0824. The maximum atomic E-state index is 12.3. The second-order valence-corrected chi connectivity index (χ2v) is 6.47. The lowest BCUT2D eigenvalue weighted by Crippen LogP contribution is -2.40. The van der Waals surface area contributed by atoms with Crippen LogP contribution in [0.25, 0.3) is 0 Å². The molecular weight excluding hydrogens is 234 g/mol. The van der Waals surface area contributed by atoms with Gasteiger partial charge in [-0.25, -0.2) is 0 Å². The molecule has 2 aliphatic carbocycles. The fourth-order valence-electron chi connectivity index (χ4n) is 4.09. The largest absolute Gasteiger partial charge is 0.349 e. The van der Waals surface area contributed by atoms with E-state index < -0.39 is 0 Å². The van der Waals surface area contributed by atoms with E-state index in [1.165, 1.54) is 25.7 Å². The average Bonchev–Trinajstić information content (AvgIpc) is 3.00. The van der Waals surface area contributed by atoms with E-state index in [1.807, 2.05) is 31.2 Å². The number of rotatable bonds is 3. The van der Waals surface area contributed by atoms with Crippen molar-refractivity contribution < 1.29 is 4.79 Å². The molecule has 4 atom stereocenters. The highest BCUT2D eigenvalue weighted by Gasteiger charge is 2.42. The Balaban J connectivity index is 1.63. The first kappa shape index (κ1) is 12.7. The van der Waals surface area contributed by atoms with E-state index in [0.717, 1.165) is 23.0 Å². The van der Waals surface area contributed by atoms with E-state index in [2.05, 4.69) is 12.2 Å². The molecule has 0 radical (unpaired) electrons. The number of fused-ring (bicyclic) bond motifs is 2. The molecule has 0 spiro atoms. The van der Waals surface area contributed by atoms with E-state index in [0.29, 0.717) is 12.0 Å². The van der Waals surface area contributed by atoms with Crippen LogP contribution < -0.4 is 5.32 Å². The number of hydrogen-bond donors (Lipinski definition) is 1. The normalized spacial score (nSPS) is 30.3. The molecule has 0 saturated heterocycles. The molecule has 19 heavy (non-hydrogen) atoms. The fourth-order valence-corrected chi connectivity index (χ4v) is 4.09. The summed E-state index contributed by atoms with van der Waals surface area (Å²) >= 11 is 0. The van der Waals surface area contributed by atoms with Gasteiger partial charge in [0.2, 0.25) is 0 Å². The number of aryl methyl sites for hydroxylation is 1. The van der Waals surface area contributed by atoms with Gasteiger partial charge in [-0.2, -0.15) is 0 Å². The van der Waals surface area contributed by atoms with E-state index in [1.54, 1.807) is 0 Å². The third-order valence-corrected chi connectivity index (χ3v) is 5.07. The van der Waals surface area contributed by atoms with Crippen LogP contribution in [0.2, 0.25) is 0 Å². The second kappa shape index (κ2) is 4.99. The molecule has 2 heteroatoms. The first-order valence-corrected chi connectivity index (χ1v) is 7.51. The van der Waals surface area contributed by atoms with Crippen LogP contribution in [0, 0.1) is 24.7 Å². The Bertz CT molecular complexity index is 482. The highest BCUT2D eigenvalue weighted by molar-refractivity contribution is 5.94. The average molecular weight is 257 g/mol. The molecule has 102 valence electrons. The smallest absolute Gasteiger partial charge is 0.251 e. The molecule has 2 aliphatic rings. The first-order chi connectivity index (χ1) is 9.13. The van der Waals surface area contributed by atoms with E-state index in [9.17, 15) is 4.79 Å². The molecule has 0 unspecified atom stereocenters. The van der Waals surface area contributed by atoms with Crippen molar-refractivity contribution in [1.29, 1.82) is 0 Å². The van der Waals surface area contributed by atoms with Gasteiger partial charge in [-0.1, -0.05) is 24.1 Å². The Morgan fingerprint density at radius 2 is 2.16 bits per heavy atom. The third-order valence-electron chi connectivity index (χ3n) is 5.07. The van der Waals surface area contributed by atoms with Crippen molar-refractivity contribution in [2.24, 2.45) is 17.8 Å². The summed E-state index contributed by atoms with van der Waals surface area (Å²) < 4.78 is 0. The first-order valence-electron chi connectivity index (χ1n) is 7.51. The molecule has 0 aliphatic heterocycles. The Labute approximate surface area is 115 Å². The molecular formula is C17H23NO. The van der Waals surface area contributed by atoms with Gasteiger partial charge >= 0.3 is 0 Å². The van der Waals surface area contributed by atoms with Crippen molar-refractivity contribution in [3.8, 4) is 0 Å². The molecule has 1 aromatic rings. The van der Waals surface area contributed by atoms with Gasteiger partial charge in [-0.15, -0.1) is 0 Å². The molecule has 2 bridgehead atoms. The molecule has 1 aromatic carbocycles. The van der Waals surface area contributed by atoms with Crippen LogP contribution >= 0.6 is 0 Å². The van der Waals surface area contributed by atoms with Gasteiger partial charge in [0.1, 0.15) is 0 Å². The predicted octanol–water partition coefficient (Wildman–Crippen LogP) is 3.55. The fraction of sp³-hybridized carbons (Fsp3) is 0.588. The summed E-state index contributed by atoms with van der Waals surface area (Å²) in [6.45, 7) is 4.20. The second-order valence-electron chi connectivity index (χ2n) is 6.47. The SMILES string of the molecule is Cc1cccc(C(=O)N[C@@H](C)[C@@H]2C[C@@H]3CC[C@@H]2C3)c1. The Kier molecular flexibility index (Phi) is 3.34. The van der Waals surface area contributed by atoms with Crippen molar-refractivity contribution >= 4 is 5.91 Å².